The highest BCUT2D eigenvalue weighted by molar-refractivity contribution is 7.99. The van der Waals surface area contributed by atoms with Gasteiger partial charge in [-0.1, -0.05) is 30.0 Å². The van der Waals surface area contributed by atoms with Gasteiger partial charge in [0.05, 0.1) is 36.0 Å². The van der Waals surface area contributed by atoms with Crippen LogP contribution in [-0.4, -0.2) is 50.2 Å². The number of rotatable bonds is 5. The number of ether oxygens (including phenoxy) is 1. The lowest BCUT2D eigenvalue weighted by atomic mass is 10.1. The van der Waals surface area contributed by atoms with Gasteiger partial charge in [0.15, 0.2) is 5.16 Å². The smallest absolute Gasteiger partial charge is 0.337 e. The van der Waals surface area contributed by atoms with Gasteiger partial charge in [0.25, 0.3) is 10.0 Å². The monoisotopic (exact) mass is 470 g/mol. The van der Waals surface area contributed by atoms with Crippen LogP contribution in [0.15, 0.2) is 64.8 Å². The first-order chi connectivity index (χ1) is 15.3. The molecule has 1 amide bonds. The third-order valence-electron chi connectivity index (χ3n) is 4.79. The molecule has 9 nitrogen and oxygen atoms in total. The van der Waals surface area contributed by atoms with Gasteiger partial charge < -0.3 is 10.1 Å². The van der Waals surface area contributed by atoms with Crippen LogP contribution in [0.2, 0.25) is 0 Å². The van der Waals surface area contributed by atoms with Crippen molar-refractivity contribution < 1.29 is 22.7 Å². The largest absolute Gasteiger partial charge is 0.465 e. The molecule has 3 aromatic rings. The highest BCUT2D eigenvalue weighted by atomic mass is 32.2. The Hall–Kier alpha value is -3.44. The molecule has 32 heavy (non-hydrogen) atoms. The van der Waals surface area contributed by atoms with Gasteiger partial charge in [-0.3, -0.25) is 9.10 Å². The second kappa shape index (κ2) is 8.60. The normalized spacial score (nSPS) is 13.6. The molecule has 1 N–H and O–H groups in total. The zero-order valence-electron chi connectivity index (χ0n) is 17.1. The standard InChI is InChI=1S/C21H18N4O5S2/c1-25-16-6-4-3-5-15(16)19-17(32(25,28)29)11-22-21(24-19)31-12-18(26)23-14-9-7-13(8-10-14)20(27)30-2/h3-11H,12H2,1-2H3,(H,23,26). The van der Waals surface area contributed by atoms with Crippen LogP contribution in [0.5, 0.6) is 0 Å². The van der Waals surface area contributed by atoms with Gasteiger partial charge in [-0.05, 0) is 30.3 Å². The molecule has 0 atom stereocenters. The number of nitrogens with one attached hydrogen (secondary N) is 1. The van der Waals surface area contributed by atoms with Crippen LogP contribution in [0.4, 0.5) is 11.4 Å². The summed E-state index contributed by atoms with van der Waals surface area (Å²) in [5, 5.41) is 3.01. The van der Waals surface area contributed by atoms with E-state index in [0.29, 0.717) is 28.2 Å². The van der Waals surface area contributed by atoms with Crippen LogP contribution in [0.1, 0.15) is 10.4 Å². The minimum Gasteiger partial charge on any atom is -0.465 e. The quantitative estimate of drug-likeness (QED) is 0.344. The second-order valence-corrected chi connectivity index (χ2v) is 9.64. The van der Waals surface area contributed by atoms with E-state index in [1.165, 1.54) is 24.7 Å². The molecular weight excluding hydrogens is 452 g/mol. The number of anilines is 2. The zero-order chi connectivity index (χ0) is 22.9. The Morgan fingerprint density at radius 3 is 2.56 bits per heavy atom. The molecule has 11 heteroatoms. The van der Waals surface area contributed by atoms with E-state index >= 15 is 0 Å². The SMILES string of the molecule is COC(=O)c1ccc(NC(=O)CSc2ncc3c(n2)-c2ccccc2N(C)S3(=O)=O)cc1. The van der Waals surface area contributed by atoms with Gasteiger partial charge >= 0.3 is 5.97 Å². The number of para-hydroxylation sites is 1. The molecule has 1 aromatic heterocycles. The average molecular weight is 471 g/mol. The van der Waals surface area contributed by atoms with E-state index in [2.05, 4.69) is 20.0 Å². The summed E-state index contributed by atoms with van der Waals surface area (Å²) in [6, 6.07) is 13.4. The molecule has 4 rings (SSSR count). The summed E-state index contributed by atoms with van der Waals surface area (Å²) in [5.41, 5.74) is 2.43. The Labute approximate surface area is 188 Å². The first-order valence-electron chi connectivity index (χ1n) is 9.37. The first kappa shape index (κ1) is 21.8. The first-order valence-corrected chi connectivity index (χ1v) is 11.8. The Balaban J connectivity index is 1.49. The van der Waals surface area contributed by atoms with Gasteiger partial charge in [0.2, 0.25) is 5.91 Å². The maximum Gasteiger partial charge on any atom is 0.337 e. The summed E-state index contributed by atoms with van der Waals surface area (Å²) in [6.07, 6.45) is 1.27. The topological polar surface area (TPSA) is 119 Å². The minimum atomic E-state index is -3.75. The maximum atomic E-state index is 12.8. The lowest BCUT2D eigenvalue weighted by molar-refractivity contribution is -0.113. The van der Waals surface area contributed by atoms with Crippen molar-refractivity contribution in [3.63, 3.8) is 0 Å². The van der Waals surface area contributed by atoms with Gasteiger partial charge in [-0.15, -0.1) is 0 Å². The summed E-state index contributed by atoms with van der Waals surface area (Å²) in [7, 11) is -0.964. The van der Waals surface area contributed by atoms with Crippen LogP contribution < -0.4 is 9.62 Å². The molecule has 0 spiro atoms. The summed E-state index contributed by atoms with van der Waals surface area (Å²) in [4.78, 5) is 32.4. The van der Waals surface area contributed by atoms with Gasteiger partial charge in [0.1, 0.15) is 4.90 Å². The van der Waals surface area contributed by atoms with Crippen LogP contribution >= 0.6 is 11.8 Å². The van der Waals surface area contributed by atoms with Gasteiger partial charge in [0, 0.05) is 18.3 Å². The number of thioether (sulfide) groups is 1. The Morgan fingerprint density at radius 2 is 1.84 bits per heavy atom. The molecule has 2 aromatic carbocycles. The Kier molecular flexibility index (Phi) is 5.85. The molecule has 0 saturated heterocycles. The van der Waals surface area contributed by atoms with E-state index < -0.39 is 16.0 Å². The average Bonchev–Trinajstić information content (AvgIpc) is 2.81. The summed E-state index contributed by atoms with van der Waals surface area (Å²) >= 11 is 1.09. The van der Waals surface area contributed by atoms with E-state index in [1.54, 1.807) is 42.5 Å². The predicted octanol–water partition coefficient (Wildman–Crippen LogP) is 2.80. The number of methoxy groups -OCH3 is 1. The van der Waals surface area contributed by atoms with E-state index in [9.17, 15) is 18.0 Å². The van der Waals surface area contributed by atoms with E-state index in [4.69, 9.17) is 0 Å². The van der Waals surface area contributed by atoms with E-state index in [1.807, 2.05) is 6.07 Å². The van der Waals surface area contributed by atoms with Gasteiger partial charge in [-0.25, -0.2) is 23.2 Å². The third kappa shape index (κ3) is 4.04. The zero-order valence-corrected chi connectivity index (χ0v) is 18.7. The van der Waals surface area contributed by atoms with E-state index in [-0.39, 0.29) is 21.7 Å². The van der Waals surface area contributed by atoms with Crippen molar-refractivity contribution in [2.24, 2.45) is 0 Å². The number of aromatic nitrogens is 2. The summed E-state index contributed by atoms with van der Waals surface area (Å²) < 4.78 is 31.4. The Morgan fingerprint density at radius 1 is 1.12 bits per heavy atom. The number of fused-ring (bicyclic) bond motifs is 3. The number of hydrogen-bond donors (Lipinski definition) is 1. The number of nitrogens with zero attached hydrogens (tertiary/aromatic N) is 3. The minimum absolute atomic E-state index is 0.0197. The molecule has 1 aliphatic rings. The molecule has 0 unspecified atom stereocenters. The van der Waals surface area contributed by atoms with Gasteiger partial charge in [-0.2, -0.15) is 0 Å². The lowest BCUT2D eigenvalue weighted by Crippen LogP contribution is -2.31. The molecule has 0 bridgehead atoms. The molecule has 1 aliphatic heterocycles. The second-order valence-electron chi connectivity index (χ2n) is 6.76. The molecular formula is C21H18N4O5S2. The molecule has 2 heterocycles. The van der Waals surface area contributed by atoms with E-state index in [0.717, 1.165) is 11.8 Å². The Bertz CT molecular complexity index is 1310. The third-order valence-corrected chi connectivity index (χ3v) is 7.43. The predicted molar refractivity (Wildman–Crippen MR) is 120 cm³/mol. The van der Waals surface area contributed by atoms with Crippen molar-refractivity contribution in [2.45, 2.75) is 10.1 Å². The highest BCUT2D eigenvalue weighted by Crippen LogP contribution is 2.41. The van der Waals surface area contributed by atoms with Crippen LogP contribution in [0, 0.1) is 0 Å². The molecule has 0 radical (unpaired) electrons. The van der Waals surface area contributed by atoms with Crippen molar-refractivity contribution in [1.29, 1.82) is 0 Å². The number of amides is 1. The van der Waals surface area contributed by atoms with Crippen molar-refractivity contribution in [1.82, 2.24) is 9.97 Å². The highest BCUT2D eigenvalue weighted by Gasteiger charge is 2.34. The molecule has 0 aliphatic carbocycles. The lowest BCUT2D eigenvalue weighted by Gasteiger charge is -2.28. The molecule has 0 saturated carbocycles. The fourth-order valence-electron chi connectivity index (χ4n) is 3.17. The number of carbonyl (C=O) groups excluding carboxylic acids is 2. The fraction of sp³-hybridized carbons (Fsp3) is 0.143. The van der Waals surface area contributed by atoms with Crippen LogP contribution in [0.25, 0.3) is 11.3 Å². The molecule has 0 fully saturated rings. The number of hydrogen-bond acceptors (Lipinski definition) is 8. The summed E-state index contributed by atoms with van der Waals surface area (Å²) in [6.45, 7) is 0. The molecule has 164 valence electrons. The fourth-order valence-corrected chi connectivity index (χ4v) is 5.08. The number of sulfonamides is 1. The number of carbonyl (C=O) groups is 2. The van der Waals surface area contributed by atoms with Crippen LogP contribution in [-0.2, 0) is 19.6 Å². The van der Waals surface area contributed by atoms with Crippen molar-refractivity contribution in [3.05, 3.63) is 60.3 Å². The van der Waals surface area contributed by atoms with Crippen molar-refractivity contribution in [3.8, 4) is 11.3 Å². The van der Waals surface area contributed by atoms with Crippen molar-refractivity contribution in [2.75, 3.05) is 29.5 Å². The number of esters is 1. The number of benzene rings is 2. The summed E-state index contributed by atoms with van der Waals surface area (Å²) in [5.74, 6) is -0.737. The van der Waals surface area contributed by atoms with Crippen LogP contribution in [0.3, 0.4) is 0 Å². The van der Waals surface area contributed by atoms with Crippen molar-refractivity contribution >= 4 is 45.0 Å². The maximum absolute atomic E-state index is 12.8.